The topological polar surface area (TPSA) is 89.7 Å². The molecule has 0 saturated carbocycles. The zero-order chi connectivity index (χ0) is 18.4. The summed E-state index contributed by atoms with van der Waals surface area (Å²) in [5.41, 5.74) is 6.16. The second-order valence-corrected chi connectivity index (χ2v) is 7.95. The van der Waals surface area contributed by atoms with Crippen LogP contribution in [-0.2, 0) is 11.2 Å². The monoisotopic (exact) mass is 344 g/mol. The Bertz CT molecular complexity index is 740. The summed E-state index contributed by atoms with van der Waals surface area (Å²) < 4.78 is 5.41. The molecule has 25 heavy (non-hydrogen) atoms. The van der Waals surface area contributed by atoms with Crippen LogP contribution >= 0.6 is 0 Å². The van der Waals surface area contributed by atoms with E-state index in [2.05, 4.69) is 0 Å². The first-order chi connectivity index (χ1) is 11.6. The number of carbonyl (C=O) groups excluding carboxylic acids is 3. The van der Waals surface area contributed by atoms with Crippen molar-refractivity contribution in [2.24, 2.45) is 11.1 Å². The number of Topliss-reactive ketones (excluding diaryl/α,β-unsaturated/α-hetero) is 1. The first-order valence-corrected chi connectivity index (χ1v) is 8.57. The van der Waals surface area contributed by atoms with Gasteiger partial charge in [-0.25, -0.2) is 4.79 Å². The predicted molar refractivity (Wildman–Crippen MR) is 92.5 cm³/mol. The third kappa shape index (κ3) is 3.13. The molecule has 2 amide bonds. The van der Waals surface area contributed by atoms with E-state index >= 15 is 0 Å². The van der Waals surface area contributed by atoms with Gasteiger partial charge in [0.25, 0.3) is 0 Å². The van der Waals surface area contributed by atoms with Crippen molar-refractivity contribution in [2.75, 3.05) is 13.1 Å². The van der Waals surface area contributed by atoms with E-state index in [0.29, 0.717) is 43.5 Å². The molecule has 6 nitrogen and oxygen atoms in total. The lowest BCUT2D eigenvalue weighted by Crippen LogP contribution is -2.47. The highest BCUT2D eigenvalue weighted by atomic mass is 16.6. The van der Waals surface area contributed by atoms with Gasteiger partial charge in [0.05, 0.1) is 0 Å². The Morgan fingerprint density at radius 1 is 1.20 bits per heavy atom. The molecule has 1 aromatic carbocycles. The third-order valence-electron chi connectivity index (χ3n) is 5.06. The minimum atomic E-state index is -0.540. The van der Waals surface area contributed by atoms with E-state index in [1.54, 1.807) is 23.1 Å². The van der Waals surface area contributed by atoms with Crippen LogP contribution in [0.5, 0.6) is 0 Å². The average molecular weight is 344 g/mol. The molecule has 1 spiro atoms. The van der Waals surface area contributed by atoms with E-state index in [4.69, 9.17) is 10.5 Å². The van der Waals surface area contributed by atoms with Gasteiger partial charge in [-0.1, -0.05) is 12.1 Å². The summed E-state index contributed by atoms with van der Waals surface area (Å²) in [5.74, 6) is -0.442. The minimum Gasteiger partial charge on any atom is -0.444 e. The number of rotatable bonds is 1. The Balaban J connectivity index is 1.76. The molecular formula is C19H24N2O4. The number of amides is 2. The number of likely N-dealkylation sites (tertiary alicyclic amines) is 1. The SMILES string of the molecule is CC(C)(C)OC(=O)N1CCC2(CC1)Cc1c(C(N)=O)cccc1C2=O. The van der Waals surface area contributed by atoms with Crippen molar-refractivity contribution in [3.05, 3.63) is 34.9 Å². The summed E-state index contributed by atoms with van der Waals surface area (Å²) in [6, 6.07) is 5.13. The molecule has 1 heterocycles. The van der Waals surface area contributed by atoms with Crippen molar-refractivity contribution in [2.45, 2.75) is 45.6 Å². The lowest BCUT2D eigenvalue weighted by atomic mass is 9.75. The van der Waals surface area contributed by atoms with Crippen LogP contribution in [0.25, 0.3) is 0 Å². The summed E-state index contributed by atoms with van der Waals surface area (Å²) in [6.07, 6.45) is 1.31. The highest BCUT2D eigenvalue weighted by Crippen LogP contribution is 2.45. The quantitative estimate of drug-likeness (QED) is 0.848. The van der Waals surface area contributed by atoms with Crippen LogP contribution in [0.2, 0.25) is 0 Å². The highest BCUT2D eigenvalue weighted by molar-refractivity contribution is 6.08. The molecule has 1 saturated heterocycles. The molecule has 2 aliphatic rings. The van der Waals surface area contributed by atoms with Gasteiger partial charge in [0, 0.05) is 29.6 Å². The van der Waals surface area contributed by atoms with E-state index in [9.17, 15) is 14.4 Å². The van der Waals surface area contributed by atoms with Crippen LogP contribution < -0.4 is 5.73 Å². The number of ether oxygens (including phenoxy) is 1. The van der Waals surface area contributed by atoms with E-state index in [-0.39, 0.29) is 11.9 Å². The van der Waals surface area contributed by atoms with Crippen molar-refractivity contribution < 1.29 is 19.1 Å². The molecule has 6 heteroatoms. The van der Waals surface area contributed by atoms with E-state index < -0.39 is 16.9 Å². The van der Waals surface area contributed by atoms with Gasteiger partial charge in [-0.15, -0.1) is 0 Å². The summed E-state index contributed by atoms with van der Waals surface area (Å²) in [5, 5.41) is 0. The first kappa shape index (κ1) is 17.5. The second-order valence-electron chi connectivity index (χ2n) is 7.95. The fourth-order valence-electron chi connectivity index (χ4n) is 3.77. The molecule has 0 aromatic heterocycles. The third-order valence-corrected chi connectivity index (χ3v) is 5.06. The zero-order valence-corrected chi connectivity index (χ0v) is 14.9. The number of carbonyl (C=O) groups is 3. The van der Waals surface area contributed by atoms with Crippen molar-refractivity contribution in [1.82, 2.24) is 4.90 Å². The largest absolute Gasteiger partial charge is 0.444 e. The van der Waals surface area contributed by atoms with Crippen LogP contribution in [0.4, 0.5) is 4.79 Å². The predicted octanol–water partition coefficient (Wildman–Crippen LogP) is 2.54. The molecular weight excluding hydrogens is 320 g/mol. The molecule has 1 aliphatic carbocycles. The molecule has 1 aliphatic heterocycles. The second kappa shape index (κ2) is 5.86. The van der Waals surface area contributed by atoms with E-state index in [1.807, 2.05) is 20.8 Å². The number of hydrogen-bond acceptors (Lipinski definition) is 4. The van der Waals surface area contributed by atoms with Crippen molar-refractivity contribution in [1.29, 1.82) is 0 Å². The van der Waals surface area contributed by atoms with Gasteiger partial charge in [0.15, 0.2) is 5.78 Å². The molecule has 1 fully saturated rings. The number of nitrogens with zero attached hydrogens (tertiary/aromatic N) is 1. The smallest absolute Gasteiger partial charge is 0.410 e. The van der Waals surface area contributed by atoms with Crippen molar-refractivity contribution >= 4 is 17.8 Å². The maximum atomic E-state index is 13.0. The Morgan fingerprint density at radius 3 is 2.40 bits per heavy atom. The number of fused-ring (bicyclic) bond motifs is 1. The van der Waals surface area contributed by atoms with Gasteiger partial charge in [0.1, 0.15) is 5.60 Å². The fourth-order valence-corrected chi connectivity index (χ4v) is 3.77. The van der Waals surface area contributed by atoms with Gasteiger partial charge >= 0.3 is 6.09 Å². The van der Waals surface area contributed by atoms with Crippen LogP contribution in [0.1, 0.15) is 59.9 Å². The maximum Gasteiger partial charge on any atom is 0.410 e. The van der Waals surface area contributed by atoms with Gasteiger partial charge in [-0.2, -0.15) is 0 Å². The zero-order valence-electron chi connectivity index (χ0n) is 14.9. The standard InChI is InChI=1S/C19H24N2O4/c1-18(2,3)25-17(24)21-9-7-19(8-10-21)11-14-12(15(19)22)5-4-6-13(14)16(20)23/h4-6H,7-11H2,1-3H3,(H2,20,23). The molecule has 134 valence electrons. The van der Waals surface area contributed by atoms with E-state index in [1.165, 1.54) is 0 Å². The molecule has 0 radical (unpaired) electrons. The Hall–Kier alpha value is -2.37. The Morgan fingerprint density at radius 2 is 1.84 bits per heavy atom. The lowest BCUT2D eigenvalue weighted by molar-refractivity contribution is 0.0114. The number of primary amides is 1. The minimum absolute atomic E-state index is 0.0643. The van der Waals surface area contributed by atoms with Gasteiger partial charge in [-0.05, 0) is 51.7 Å². The Labute approximate surface area is 147 Å². The summed E-state index contributed by atoms with van der Waals surface area (Å²) in [4.78, 5) is 38.5. The number of benzene rings is 1. The summed E-state index contributed by atoms with van der Waals surface area (Å²) >= 11 is 0. The van der Waals surface area contributed by atoms with Crippen LogP contribution in [0, 0.1) is 5.41 Å². The number of hydrogen-bond donors (Lipinski definition) is 1. The van der Waals surface area contributed by atoms with Crippen molar-refractivity contribution in [3.63, 3.8) is 0 Å². The maximum absolute atomic E-state index is 13.0. The van der Waals surface area contributed by atoms with Gasteiger partial charge < -0.3 is 15.4 Å². The van der Waals surface area contributed by atoms with Crippen LogP contribution in [0.3, 0.4) is 0 Å². The van der Waals surface area contributed by atoms with Crippen LogP contribution in [0.15, 0.2) is 18.2 Å². The first-order valence-electron chi connectivity index (χ1n) is 8.57. The van der Waals surface area contributed by atoms with Crippen LogP contribution in [-0.4, -0.2) is 41.4 Å². The van der Waals surface area contributed by atoms with Crippen molar-refractivity contribution in [3.8, 4) is 0 Å². The summed E-state index contributed by atoms with van der Waals surface area (Å²) in [6.45, 7) is 6.44. The molecule has 2 N–H and O–H groups in total. The lowest BCUT2D eigenvalue weighted by Gasteiger charge is -2.38. The number of nitrogens with two attached hydrogens (primary N) is 1. The fraction of sp³-hybridized carbons (Fsp3) is 0.526. The molecule has 1 aromatic rings. The Kier molecular flexibility index (Phi) is 4.09. The molecule has 0 unspecified atom stereocenters. The number of ketones is 1. The van der Waals surface area contributed by atoms with Gasteiger partial charge in [-0.3, -0.25) is 9.59 Å². The average Bonchev–Trinajstić information content (AvgIpc) is 2.79. The van der Waals surface area contributed by atoms with Gasteiger partial charge in [0.2, 0.25) is 5.91 Å². The highest BCUT2D eigenvalue weighted by Gasteiger charge is 2.48. The molecule has 0 bridgehead atoms. The normalized spacial score (nSPS) is 19.0. The number of piperidine rings is 1. The molecule has 3 rings (SSSR count). The van der Waals surface area contributed by atoms with E-state index in [0.717, 1.165) is 5.56 Å². The summed E-state index contributed by atoms with van der Waals surface area (Å²) in [7, 11) is 0. The molecule has 0 atom stereocenters.